The van der Waals surface area contributed by atoms with Crippen LogP contribution in [0.15, 0.2) is 18.2 Å². The molecule has 1 aliphatic rings. The van der Waals surface area contributed by atoms with Crippen molar-refractivity contribution in [3.8, 4) is 0 Å². The predicted octanol–water partition coefficient (Wildman–Crippen LogP) is 2.34. The summed E-state index contributed by atoms with van der Waals surface area (Å²) in [7, 11) is 0. The largest absolute Gasteiger partial charge is 0.299 e. The van der Waals surface area contributed by atoms with Crippen LogP contribution in [0.5, 0.6) is 0 Å². The molecule has 0 N–H and O–H groups in total. The lowest BCUT2D eigenvalue weighted by atomic mass is 10.1. The van der Waals surface area contributed by atoms with E-state index in [9.17, 15) is 4.39 Å². The maximum Gasteiger partial charge on any atom is 0.126 e. The smallest absolute Gasteiger partial charge is 0.126 e. The van der Waals surface area contributed by atoms with Gasteiger partial charge in [-0.2, -0.15) is 0 Å². The molecular weight excluding hydrogens is 165 g/mol. The summed E-state index contributed by atoms with van der Waals surface area (Å²) >= 11 is 0. The summed E-state index contributed by atoms with van der Waals surface area (Å²) in [6, 6.07) is 5.37. The van der Waals surface area contributed by atoms with Crippen molar-refractivity contribution in [2.45, 2.75) is 19.9 Å². The number of aryl methyl sites for hydroxylation is 1. The van der Waals surface area contributed by atoms with Crippen molar-refractivity contribution in [1.29, 1.82) is 0 Å². The van der Waals surface area contributed by atoms with E-state index in [4.69, 9.17) is 0 Å². The molecule has 0 saturated carbocycles. The van der Waals surface area contributed by atoms with Crippen LogP contribution in [0, 0.1) is 12.7 Å². The van der Waals surface area contributed by atoms with E-state index in [0.29, 0.717) is 0 Å². The van der Waals surface area contributed by atoms with Crippen molar-refractivity contribution in [2.24, 2.45) is 0 Å². The Morgan fingerprint density at radius 2 is 2.15 bits per heavy atom. The first kappa shape index (κ1) is 8.70. The minimum atomic E-state index is -0.104. The highest BCUT2D eigenvalue weighted by atomic mass is 19.1. The summed E-state index contributed by atoms with van der Waals surface area (Å²) in [5, 5.41) is 0. The Labute approximate surface area is 78.2 Å². The third kappa shape index (κ3) is 1.89. The fraction of sp³-hybridized carbons (Fsp3) is 0.455. The van der Waals surface area contributed by atoms with Crippen molar-refractivity contribution >= 4 is 0 Å². The van der Waals surface area contributed by atoms with Crippen molar-refractivity contribution < 1.29 is 4.39 Å². The number of likely N-dealkylation sites (tertiary alicyclic amines) is 1. The standard InChI is InChI=1S/C11H14FN/c1-9-7-10(3-4-11(9)12)8-13-5-2-6-13/h3-4,7H,2,5-6,8H2,1H3. The van der Waals surface area contributed by atoms with E-state index in [0.717, 1.165) is 12.1 Å². The van der Waals surface area contributed by atoms with Gasteiger partial charge in [0.1, 0.15) is 5.82 Å². The van der Waals surface area contributed by atoms with Gasteiger partial charge in [0, 0.05) is 6.54 Å². The molecule has 1 saturated heterocycles. The monoisotopic (exact) mass is 179 g/mol. The lowest BCUT2D eigenvalue weighted by Gasteiger charge is -2.30. The number of hydrogen-bond donors (Lipinski definition) is 0. The van der Waals surface area contributed by atoms with Gasteiger partial charge in [0.15, 0.2) is 0 Å². The van der Waals surface area contributed by atoms with Crippen molar-refractivity contribution in [1.82, 2.24) is 4.90 Å². The van der Waals surface area contributed by atoms with E-state index in [1.54, 1.807) is 6.07 Å². The van der Waals surface area contributed by atoms with Crippen LogP contribution >= 0.6 is 0 Å². The van der Waals surface area contributed by atoms with E-state index in [2.05, 4.69) is 4.90 Å². The predicted molar refractivity (Wildman–Crippen MR) is 51.0 cm³/mol. The zero-order valence-electron chi connectivity index (χ0n) is 7.89. The van der Waals surface area contributed by atoms with E-state index in [1.165, 1.54) is 25.1 Å². The maximum absolute atomic E-state index is 12.9. The number of hydrogen-bond acceptors (Lipinski definition) is 1. The van der Waals surface area contributed by atoms with Crippen LogP contribution in [-0.2, 0) is 6.54 Å². The molecular formula is C11H14FN. The fourth-order valence-corrected chi connectivity index (χ4v) is 1.60. The third-order valence-electron chi connectivity index (χ3n) is 2.58. The first-order chi connectivity index (χ1) is 6.25. The average Bonchev–Trinajstić information content (AvgIpc) is 2.04. The number of benzene rings is 1. The lowest BCUT2D eigenvalue weighted by molar-refractivity contribution is 0.172. The molecule has 1 aromatic rings. The van der Waals surface area contributed by atoms with Crippen molar-refractivity contribution in [2.75, 3.05) is 13.1 Å². The van der Waals surface area contributed by atoms with E-state index >= 15 is 0 Å². The molecule has 1 fully saturated rings. The van der Waals surface area contributed by atoms with Gasteiger partial charge in [0.25, 0.3) is 0 Å². The summed E-state index contributed by atoms with van der Waals surface area (Å²) in [4.78, 5) is 2.37. The summed E-state index contributed by atoms with van der Waals surface area (Å²) in [5.74, 6) is -0.104. The van der Waals surface area contributed by atoms with Gasteiger partial charge in [0.2, 0.25) is 0 Å². The normalized spacial score (nSPS) is 17.1. The lowest BCUT2D eigenvalue weighted by Crippen LogP contribution is -2.36. The fourth-order valence-electron chi connectivity index (χ4n) is 1.60. The van der Waals surface area contributed by atoms with Crippen molar-refractivity contribution in [3.05, 3.63) is 35.1 Å². The molecule has 0 aliphatic carbocycles. The summed E-state index contributed by atoms with van der Waals surface area (Å²) in [6.07, 6.45) is 1.31. The van der Waals surface area contributed by atoms with E-state index in [1.807, 2.05) is 19.1 Å². The van der Waals surface area contributed by atoms with Gasteiger partial charge in [-0.3, -0.25) is 4.90 Å². The molecule has 0 amide bonds. The Balaban J connectivity index is 2.07. The van der Waals surface area contributed by atoms with Gasteiger partial charge in [-0.25, -0.2) is 4.39 Å². The number of nitrogens with zero attached hydrogens (tertiary/aromatic N) is 1. The van der Waals surface area contributed by atoms with Gasteiger partial charge in [-0.05, 0) is 43.6 Å². The molecule has 0 bridgehead atoms. The molecule has 0 atom stereocenters. The first-order valence-electron chi connectivity index (χ1n) is 4.73. The Morgan fingerprint density at radius 1 is 1.38 bits per heavy atom. The molecule has 2 heteroatoms. The van der Waals surface area contributed by atoms with E-state index in [-0.39, 0.29) is 5.82 Å². The molecule has 70 valence electrons. The Bertz CT molecular complexity index is 305. The minimum absolute atomic E-state index is 0.104. The maximum atomic E-state index is 12.9. The van der Waals surface area contributed by atoms with Crippen LogP contribution in [-0.4, -0.2) is 18.0 Å². The van der Waals surface area contributed by atoms with Gasteiger partial charge in [-0.1, -0.05) is 12.1 Å². The SMILES string of the molecule is Cc1cc(CN2CCC2)ccc1F. The molecule has 0 spiro atoms. The molecule has 2 rings (SSSR count). The molecule has 1 aromatic carbocycles. The highest BCUT2D eigenvalue weighted by Gasteiger charge is 2.13. The third-order valence-corrected chi connectivity index (χ3v) is 2.58. The van der Waals surface area contributed by atoms with Crippen LogP contribution in [0.4, 0.5) is 4.39 Å². The topological polar surface area (TPSA) is 3.24 Å². The van der Waals surface area contributed by atoms with Crippen LogP contribution in [0.25, 0.3) is 0 Å². The van der Waals surface area contributed by atoms with Gasteiger partial charge >= 0.3 is 0 Å². The Morgan fingerprint density at radius 3 is 2.69 bits per heavy atom. The van der Waals surface area contributed by atoms with Gasteiger partial charge in [0.05, 0.1) is 0 Å². The average molecular weight is 179 g/mol. The minimum Gasteiger partial charge on any atom is -0.299 e. The second-order valence-corrected chi connectivity index (χ2v) is 3.71. The Kier molecular flexibility index (Phi) is 2.32. The molecule has 1 heterocycles. The van der Waals surface area contributed by atoms with Gasteiger partial charge < -0.3 is 0 Å². The second-order valence-electron chi connectivity index (χ2n) is 3.71. The van der Waals surface area contributed by atoms with Gasteiger partial charge in [-0.15, -0.1) is 0 Å². The summed E-state index contributed by atoms with van der Waals surface area (Å²) in [5.41, 5.74) is 1.97. The van der Waals surface area contributed by atoms with Crippen LogP contribution in [0.1, 0.15) is 17.5 Å². The number of halogens is 1. The summed E-state index contributed by atoms with van der Waals surface area (Å²) in [6.45, 7) is 5.17. The number of rotatable bonds is 2. The van der Waals surface area contributed by atoms with Crippen molar-refractivity contribution in [3.63, 3.8) is 0 Å². The summed E-state index contributed by atoms with van der Waals surface area (Å²) < 4.78 is 12.9. The molecule has 0 radical (unpaired) electrons. The second kappa shape index (κ2) is 3.46. The highest BCUT2D eigenvalue weighted by molar-refractivity contribution is 5.23. The molecule has 1 aliphatic heterocycles. The zero-order valence-corrected chi connectivity index (χ0v) is 7.89. The molecule has 13 heavy (non-hydrogen) atoms. The quantitative estimate of drug-likeness (QED) is 0.673. The highest BCUT2D eigenvalue weighted by Crippen LogP contribution is 2.14. The molecule has 0 aromatic heterocycles. The Hall–Kier alpha value is -0.890. The zero-order chi connectivity index (χ0) is 9.26. The van der Waals surface area contributed by atoms with Crippen LogP contribution in [0.3, 0.4) is 0 Å². The molecule has 1 nitrogen and oxygen atoms in total. The van der Waals surface area contributed by atoms with E-state index < -0.39 is 0 Å². The van der Waals surface area contributed by atoms with Crippen LogP contribution in [0.2, 0.25) is 0 Å². The van der Waals surface area contributed by atoms with Crippen LogP contribution < -0.4 is 0 Å². The first-order valence-corrected chi connectivity index (χ1v) is 4.73. The molecule has 0 unspecified atom stereocenters.